The fourth-order valence-corrected chi connectivity index (χ4v) is 4.82. The van der Waals surface area contributed by atoms with E-state index < -0.39 is 10.2 Å². The average molecular weight is 365 g/mol. The molecule has 2 aliphatic heterocycles. The van der Waals surface area contributed by atoms with Gasteiger partial charge in [-0.05, 0) is 18.2 Å². The zero-order valence-corrected chi connectivity index (χ0v) is 14.3. The van der Waals surface area contributed by atoms with Gasteiger partial charge in [-0.1, -0.05) is 23.2 Å². The lowest BCUT2D eigenvalue weighted by Gasteiger charge is -2.42. The summed E-state index contributed by atoms with van der Waals surface area (Å²) in [5, 5.41) is 1.23. The van der Waals surface area contributed by atoms with Crippen molar-refractivity contribution in [2.24, 2.45) is 5.73 Å². The first-order valence-electron chi connectivity index (χ1n) is 7.09. The van der Waals surface area contributed by atoms with Crippen LogP contribution in [-0.4, -0.2) is 62.3 Å². The van der Waals surface area contributed by atoms with Gasteiger partial charge in [0.15, 0.2) is 0 Å². The fourth-order valence-electron chi connectivity index (χ4n) is 2.71. The molecule has 0 amide bonds. The Morgan fingerprint density at radius 1 is 1.05 bits per heavy atom. The van der Waals surface area contributed by atoms with Crippen molar-refractivity contribution in [3.63, 3.8) is 0 Å². The van der Waals surface area contributed by atoms with E-state index in [0.29, 0.717) is 49.3 Å². The van der Waals surface area contributed by atoms with Crippen LogP contribution in [0.4, 0.5) is 5.69 Å². The minimum absolute atomic E-state index is 0.0404. The van der Waals surface area contributed by atoms with Crippen molar-refractivity contribution in [1.82, 2.24) is 8.61 Å². The Morgan fingerprint density at radius 3 is 2.27 bits per heavy atom. The molecule has 0 spiro atoms. The number of benzene rings is 1. The summed E-state index contributed by atoms with van der Waals surface area (Å²) in [4.78, 5) is 2.06. The zero-order valence-electron chi connectivity index (χ0n) is 12.0. The van der Waals surface area contributed by atoms with Crippen molar-refractivity contribution in [2.75, 3.05) is 44.2 Å². The SMILES string of the molecule is NC1CN(S(=O)(=O)N2CCN(c3cc(Cl)ccc3Cl)CC2)C1. The smallest absolute Gasteiger partial charge is 0.282 e. The fraction of sp³-hybridized carbons (Fsp3) is 0.538. The predicted molar refractivity (Wildman–Crippen MR) is 88.7 cm³/mol. The van der Waals surface area contributed by atoms with E-state index in [1.807, 2.05) is 6.07 Å². The average Bonchev–Trinajstić information content (AvgIpc) is 2.46. The van der Waals surface area contributed by atoms with Gasteiger partial charge in [-0.3, -0.25) is 0 Å². The number of halogens is 2. The summed E-state index contributed by atoms with van der Waals surface area (Å²) in [6.45, 7) is 2.83. The number of hydrogen-bond acceptors (Lipinski definition) is 4. The van der Waals surface area contributed by atoms with Crippen LogP contribution in [0.1, 0.15) is 0 Å². The van der Waals surface area contributed by atoms with Crippen molar-refractivity contribution in [2.45, 2.75) is 6.04 Å². The molecule has 2 aliphatic rings. The summed E-state index contributed by atoms with van der Waals surface area (Å²) in [5.74, 6) is 0. The second kappa shape index (κ2) is 6.14. The number of hydrogen-bond donors (Lipinski definition) is 1. The normalized spacial score (nSPS) is 21.9. The molecular formula is C13H18Cl2N4O2S. The van der Waals surface area contributed by atoms with Crippen molar-refractivity contribution in [1.29, 1.82) is 0 Å². The lowest BCUT2D eigenvalue weighted by atomic mass is 10.2. The minimum atomic E-state index is -3.38. The summed E-state index contributed by atoms with van der Waals surface area (Å²) >= 11 is 12.2. The first-order valence-corrected chi connectivity index (χ1v) is 9.24. The van der Waals surface area contributed by atoms with E-state index in [9.17, 15) is 8.42 Å². The molecule has 2 fully saturated rings. The standard InChI is InChI=1S/C13H18Cl2N4O2S/c14-10-1-2-12(15)13(7-10)17-3-5-18(6-4-17)22(20,21)19-8-11(16)9-19/h1-2,7,11H,3-6,8-9,16H2. The number of rotatable bonds is 3. The van der Waals surface area contributed by atoms with E-state index in [1.165, 1.54) is 8.61 Å². The summed E-state index contributed by atoms with van der Waals surface area (Å²) in [5.41, 5.74) is 6.51. The van der Waals surface area contributed by atoms with Gasteiger partial charge < -0.3 is 10.6 Å². The maximum absolute atomic E-state index is 12.4. The maximum atomic E-state index is 12.4. The van der Waals surface area contributed by atoms with Crippen molar-refractivity contribution >= 4 is 39.1 Å². The highest BCUT2D eigenvalue weighted by Gasteiger charge is 2.38. The first-order chi connectivity index (χ1) is 10.4. The third kappa shape index (κ3) is 3.06. The van der Waals surface area contributed by atoms with Crippen LogP contribution in [0.5, 0.6) is 0 Å². The molecule has 2 N–H and O–H groups in total. The summed E-state index contributed by atoms with van der Waals surface area (Å²) < 4.78 is 27.8. The molecule has 3 rings (SSSR count). The Labute approximate surface area is 140 Å². The van der Waals surface area contributed by atoms with E-state index in [4.69, 9.17) is 28.9 Å². The number of anilines is 1. The van der Waals surface area contributed by atoms with Crippen LogP contribution >= 0.6 is 23.2 Å². The molecule has 0 unspecified atom stereocenters. The summed E-state index contributed by atoms with van der Waals surface area (Å²) in [7, 11) is -3.38. The largest absolute Gasteiger partial charge is 0.368 e. The topological polar surface area (TPSA) is 69.9 Å². The maximum Gasteiger partial charge on any atom is 0.282 e. The molecule has 0 aliphatic carbocycles. The van der Waals surface area contributed by atoms with Gasteiger partial charge in [0.25, 0.3) is 10.2 Å². The summed E-state index contributed by atoms with van der Waals surface area (Å²) in [6, 6.07) is 5.26. The molecule has 9 heteroatoms. The van der Waals surface area contributed by atoms with Gasteiger partial charge in [-0.15, -0.1) is 0 Å². The third-order valence-electron chi connectivity index (χ3n) is 4.02. The molecule has 1 aromatic rings. The predicted octanol–water partition coefficient (Wildman–Crippen LogP) is 1.00. The Kier molecular flexibility index (Phi) is 4.55. The Balaban J connectivity index is 1.66. The quantitative estimate of drug-likeness (QED) is 0.868. The van der Waals surface area contributed by atoms with Gasteiger partial charge in [-0.25, -0.2) is 0 Å². The molecule has 1 aromatic carbocycles. The van der Waals surface area contributed by atoms with Crippen LogP contribution in [0.2, 0.25) is 10.0 Å². The van der Waals surface area contributed by atoms with E-state index >= 15 is 0 Å². The van der Waals surface area contributed by atoms with Crippen LogP contribution in [0.15, 0.2) is 18.2 Å². The first kappa shape index (κ1) is 16.3. The van der Waals surface area contributed by atoms with E-state index in [1.54, 1.807) is 12.1 Å². The van der Waals surface area contributed by atoms with Gasteiger partial charge >= 0.3 is 0 Å². The zero-order chi connectivity index (χ0) is 15.9. The van der Waals surface area contributed by atoms with Gasteiger partial charge in [-0.2, -0.15) is 17.0 Å². The van der Waals surface area contributed by atoms with Crippen molar-refractivity contribution in [3.8, 4) is 0 Å². The molecule has 0 saturated carbocycles. The minimum Gasteiger partial charge on any atom is -0.368 e. The van der Waals surface area contributed by atoms with Crippen molar-refractivity contribution in [3.05, 3.63) is 28.2 Å². The monoisotopic (exact) mass is 364 g/mol. The van der Waals surface area contributed by atoms with Crippen LogP contribution in [0.3, 0.4) is 0 Å². The molecule has 0 bridgehead atoms. The van der Waals surface area contributed by atoms with Crippen LogP contribution < -0.4 is 10.6 Å². The molecule has 2 saturated heterocycles. The van der Waals surface area contributed by atoms with E-state index in [2.05, 4.69) is 4.90 Å². The van der Waals surface area contributed by atoms with E-state index in [0.717, 1.165) is 5.69 Å². The Morgan fingerprint density at radius 2 is 1.68 bits per heavy atom. The molecular weight excluding hydrogens is 347 g/mol. The molecule has 0 radical (unpaired) electrons. The molecule has 0 atom stereocenters. The Bertz CT molecular complexity index is 656. The van der Waals surface area contributed by atoms with Gasteiger partial charge in [0, 0.05) is 50.3 Å². The number of nitrogens with zero attached hydrogens (tertiary/aromatic N) is 3. The lowest BCUT2D eigenvalue weighted by molar-refractivity contribution is 0.237. The van der Waals surface area contributed by atoms with Gasteiger partial charge in [0.05, 0.1) is 10.7 Å². The van der Waals surface area contributed by atoms with Crippen molar-refractivity contribution < 1.29 is 8.42 Å². The van der Waals surface area contributed by atoms with Crippen LogP contribution in [0.25, 0.3) is 0 Å². The lowest BCUT2D eigenvalue weighted by Crippen LogP contribution is -2.62. The molecule has 2 heterocycles. The van der Waals surface area contributed by atoms with E-state index in [-0.39, 0.29) is 6.04 Å². The number of nitrogens with two attached hydrogens (primary N) is 1. The second-order valence-corrected chi connectivity index (χ2v) is 8.34. The van der Waals surface area contributed by atoms with Crippen LogP contribution in [-0.2, 0) is 10.2 Å². The molecule has 122 valence electrons. The second-order valence-electron chi connectivity index (χ2n) is 5.57. The third-order valence-corrected chi connectivity index (χ3v) is 6.54. The van der Waals surface area contributed by atoms with Gasteiger partial charge in [0.1, 0.15) is 0 Å². The van der Waals surface area contributed by atoms with Crippen LogP contribution in [0, 0.1) is 0 Å². The highest BCUT2D eigenvalue weighted by atomic mass is 35.5. The highest BCUT2D eigenvalue weighted by molar-refractivity contribution is 7.86. The summed E-state index contributed by atoms with van der Waals surface area (Å²) in [6.07, 6.45) is 0. The Hall–Kier alpha value is -0.570. The highest BCUT2D eigenvalue weighted by Crippen LogP contribution is 2.30. The molecule has 0 aromatic heterocycles. The molecule has 22 heavy (non-hydrogen) atoms. The molecule has 6 nitrogen and oxygen atoms in total. The van der Waals surface area contributed by atoms with Gasteiger partial charge in [0.2, 0.25) is 0 Å². The number of piperazine rings is 1.